The number of nitrogens with one attached hydrogen (secondary N) is 2. The molecule has 1 heterocycles. The summed E-state index contributed by atoms with van der Waals surface area (Å²) in [6.45, 7) is 2.23. The van der Waals surface area contributed by atoms with Crippen molar-refractivity contribution in [1.82, 2.24) is 20.3 Å². The lowest BCUT2D eigenvalue weighted by Gasteiger charge is -2.15. The fourth-order valence-corrected chi connectivity index (χ4v) is 3.07. The molecule has 1 amide bonds. The average Bonchev–Trinajstić information content (AvgIpc) is 3.17. The topological polar surface area (TPSA) is 120 Å². The van der Waals surface area contributed by atoms with E-state index in [4.69, 9.17) is 10.5 Å². The van der Waals surface area contributed by atoms with Gasteiger partial charge >= 0.3 is 0 Å². The Labute approximate surface area is 172 Å². The van der Waals surface area contributed by atoms with Crippen LogP contribution in [-0.4, -0.2) is 32.8 Å². The minimum absolute atomic E-state index is 0.119. The Morgan fingerprint density at radius 3 is 2.67 bits per heavy atom. The molecule has 9 heteroatoms. The number of rotatable bonds is 7. The van der Waals surface area contributed by atoms with Crippen LogP contribution in [-0.2, 0) is 11.3 Å². The fourth-order valence-electron chi connectivity index (χ4n) is 3.07. The number of fused-ring (bicyclic) bond motifs is 1. The molecule has 0 atom stereocenters. The van der Waals surface area contributed by atoms with Crippen LogP contribution in [0.15, 0.2) is 60.7 Å². The molecule has 0 saturated carbocycles. The van der Waals surface area contributed by atoms with Crippen molar-refractivity contribution < 1.29 is 9.53 Å². The molecule has 0 aliphatic rings. The Hall–Kier alpha value is -4.14. The lowest BCUT2D eigenvalue weighted by Crippen LogP contribution is -2.22. The average molecular weight is 403 g/mol. The van der Waals surface area contributed by atoms with E-state index >= 15 is 0 Å². The maximum atomic E-state index is 12.3. The molecular weight excluding hydrogens is 382 g/mol. The second-order valence-corrected chi connectivity index (χ2v) is 6.75. The van der Waals surface area contributed by atoms with Crippen LogP contribution in [0.5, 0.6) is 5.75 Å². The van der Waals surface area contributed by atoms with Gasteiger partial charge in [-0.15, -0.1) is 4.79 Å². The predicted octanol–water partition coefficient (Wildman–Crippen LogP) is 2.48. The van der Waals surface area contributed by atoms with Crippen molar-refractivity contribution in [3.05, 3.63) is 71.8 Å². The molecule has 3 aromatic carbocycles. The third-order valence-corrected chi connectivity index (χ3v) is 4.59. The van der Waals surface area contributed by atoms with E-state index in [1.165, 1.54) is 4.79 Å². The summed E-state index contributed by atoms with van der Waals surface area (Å²) in [5, 5.41) is 15.8. The fraction of sp³-hybridized carbons (Fsp3) is 0.143. The van der Waals surface area contributed by atoms with Crippen molar-refractivity contribution in [3.63, 3.8) is 0 Å². The number of amides is 1. The molecule has 0 bridgehead atoms. The smallest absolute Gasteiger partial charge is 0.262 e. The van der Waals surface area contributed by atoms with Crippen LogP contribution < -0.4 is 21.2 Å². The normalized spacial score (nSPS) is 10.7. The third kappa shape index (κ3) is 4.30. The number of nitrogens with zero attached hydrogens (tertiary/aromatic N) is 4. The van der Waals surface area contributed by atoms with Crippen molar-refractivity contribution in [2.45, 2.75) is 13.5 Å². The number of hydrogen-bond acceptors (Lipinski definition) is 7. The van der Waals surface area contributed by atoms with Crippen LogP contribution in [0.4, 0.5) is 11.6 Å². The molecule has 1 aromatic heterocycles. The number of ether oxygens (including phenoxy) is 1. The van der Waals surface area contributed by atoms with Crippen LogP contribution >= 0.6 is 0 Å². The van der Waals surface area contributed by atoms with Crippen molar-refractivity contribution in [2.75, 3.05) is 23.1 Å². The molecule has 0 aliphatic heterocycles. The van der Waals surface area contributed by atoms with Gasteiger partial charge in [0.15, 0.2) is 6.61 Å². The summed E-state index contributed by atoms with van der Waals surface area (Å²) in [6, 6.07) is 19.3. The lowest BCUT2D eigenvalue weighted by molar-refractivity contribution is -0.118. The van der Waals surface area contributed by atoms with E-state index in [-0.39, 0.29) is 18.5 Å². The molecule has 4 aromatic rings. The van der Waals surface area contributed by atoms with Gasteiger partial charge in [-0.05, 0) is 46.3 Å². The predicted molar refractivity (Wildman–Crippen MR) is 115 cm³/mol. The van der Waals surface area contributed by atoms with E-state index in [9.17, 15) is 4.79 Å². The van der Waals surface area contributed by atoms with Crippen LogP contribution in [0.2, 0.25) is 0 Å². The second-order valence-electron chi connectivity index (χ2n) is 6.75. The maximum Gasteiger partial charge on any atom is 0.262 e. The maximum absolute atomic E-state index is 12.3. The third-order valence-electron chi connectivity index (χ3n) is 4.59. The van der Waals surface area contributed by atoms with E-state index < -0.39 is 0 Å². The number of anilines is 2. The van der Waals surface area contributed by atoms with Crippen molar-refractivity contribution in [1.29, 1.82) is 0 Å². The van der Waals surface area contributed by atoms with Gasteiger partial charge in [0.1, 0.15) is 5.75 Å². The molecule has 30 heavy (non-hydrogen) atoms. The number of nitrogens with two attached hydrogens (primary N) is 1. The molecule has 152 valence electrons. The summed E-state index contributed by atoms with van der Waals surface area (Å²) < 4.78 is 5.86. The molecule has 0 spiro atoms. The first kappa shape index (κ1) is 19.2. The van der Waals surface area contributed by atoms with E-state index in [0.717, 1.165) is 27.6 Å². The Kier molecular flexibility index (Phi) is 5.42. The van der Waals surface area contributed by atoms with Gasteiger partial charge in [0.05, 0.1) is 6.54 Å². The van der Waals surface area contributed by atoms with Crippen LogP contribution in [0.3, 0.4) is 0 Å². The number of benzene rings is 3. The van der Waals surface area contributed by atoms with Gasteiger partial charge in [0.25, 0.3) is 11.9 Å². The Balaban J connectivity index is 1.51. The number of tetrazole rings is 1. The van der Waals surface area contributed by atoms with Gasteiger partial charge in [0, 0.05) is 11.3 Å². The number of carbonyl (C=O) groups is 1. The number of hydrogen-bond donors (Lipinski definition) is 3. The van der Waals surface area contributed by atoms with E-state index in [1.807, 2.05) is 67.6 Å². The second kappa shape index (κ2) is 8.48. The Morgan fingerprint density at radius 2 is 1.90 bits per heavy atom. The summed E-state index contributed by atoms with van der Waals surface area (Å²) in [5.41, 5.74) is 11.5. The first-order valence-corrected chi connectivity index (χ1v) is 9.38. The monoisotopic (exact) mass is 403 g/mol. The SMILES string of the molecule is Cc1ccc(NC(=O)COc2ccc3ccccc3c2CNn2nnnc2N)cc1. The molecule has 0 unspecified atom stereocenters. The molecule has 4 rings (SSSR count). The van der Waals surface area contributed by atoms with Crippen LogP contribution in [0, 0.1) is 6.92 Å². The quantitative estimate of drug-likeness (QED) is 0.433. The summed E-state index contributed by atoms with van der Waals surface area (Å²) in [5.74, 6) is 0.498. The summed E-state index contributed by atoms with van der Waals surface area (Å²) >= 11 is 0. The zero-order valence-electron chi connectivity index (χ0n) is 16.4. The summed E-state index contributed by atoms with van der Waals surface area (Å²) in [7, 11) is 0. The van der Waals surface area contributed by atoms with Crippen molar-refractivity contribution in [2.24, 2.45) is 0 Å². The molecule has 0 radical (unpaired) electrons. The Bertz CT molecular complexity index is 1170. The molecular formula is C21H21N7O2. The highest BCUT2D eigenvalue weighted by atomic mass is 16.5. The van der Waals surface area contributed by atoms with Crippen molar-refractivity contribution in [3.8, 4) is 5.75 Å². The van der Waals surface area contributed by atoms with Crippen LogP contribution in [0.25, 0.3) is 10.8 Å². The molecule has 9 nitrogen and oxygen atoms in total. The highest BCUT2D eigenvalue weighted by Gasteiger charge is 2.12. The highest BCUT2D eigenvalue weighted by Crippen LogP contribution is 2.28. The first-order valence-electron chi connectivity index (χ1n) is 9.38. The van der Waals surface area contributed by atoms with Gasteiger partial charge in [-0.25, -0.2) is 0 Å². The zero-order valence-corrected chi connectivity index (χ0v) is 16.4. The Morgan fingerprint density at radius 1 is 1.10 bits per heavy atom. The largest absolute Gasteiger partial charge is 0.483 e. The summed E-state index contributed by atoms with van der Waals surface area (Å²) in [6.07, 6.45) is 0. The van der Waals surface area contributed by atoms with E-state index in [0.29, 0.717) is 12.3 Å². The van der Waals surface area contributed by atoms with Gasteiger partial charge in [-0.1, -0.05) is 53.1 Å². The minimum Gasteiger partial charge on any atom is -0.483 e. The zero-order chi connectivity index (χ0) is 20.9. The first-order chi connectivity index (χ1) is 14.6. The highest BCUT2D eigenvalue weighted by molar-refractivity contribution is 5.92. The molecule has 0 aliphatic carbocycles. The standard InChI is InChI=1S/C21H21N7O2/c1-14-6-9-16(10-7-14)24-20(29)13-30-19-11-8-15-4-2-3-5-17(15)18(19)12-23-28-21(22)25-26-27-28/h2-11,23H,12-13H2,1H3,(H,24,29)(H2,22,25,27). The van der Waals surface area contributed by atoms with Gasteiger partial charge in [-0.2, -0.15) is 0 Å². The molecule has 4 N–H and O–H groups in total. The van der Waals surface area contributed by atoms with Gasteiger partial charge < -0.3 is 21.2 Å². The number of aryl methyl sites for hydroxylation is 1. The minimum atomic E-state index is -0.240. The van der Waals surface area contributed by atoms with Gasteiger partial charge in [0.2, 0.25) is 0 Å². The van der Waals surface area contributed by atoms with E-state index in [1.54, 1.807) is 0 Å². The number of carbonyl (C=O) groups excluding carboxylic acids is 1. The van der Waals surface area contributed by atoms with Crippen LogP contribution in [0.1, 0.15) is 11.1 Å². The number of aromatic nitrogens is 4. The summed E-state index contributed by atoms with van der Waals surface area (Å²) in [4.78, 5) is 13.6. The van der Waals surface area contributed by atoms with Gasteiger partial charge in [-0.3, -0.25) is 4.79 Å². The van der Waals surface area contributed by atoms with Crippen molar-refractivity contribution >= 4 is 28.3 Å². The lowest BCUT2D eigenvalue weighted by atomic mass is 10.0. The number of nitrogen functional groups attached to an aromatic ring is 1. The molecule has 0 saturated heterocycles. The van der Waals surface area contributed by atoms with E-state index in [2.05, 4.69) is 26.3 Å². The molecule has 0 fully saturated rings.